The van der Waals surface area contributed by atoms with Gasteiger partial charge < -0.3 is 9.47 Å². The second kappa shape index (κ2) is 4.72. The van der Waals surface area contributed by atoms with Crippen molar-refractivity contribution in [1.29, 1.82) is 0 Å². The van der Waals surface area contributed by atoms with Crippen LogP contribution in [0.3, 0.4) is 0 Å². The molecule has 0 spiro atoms. The monoisotopic (exact) mass is 181 g/mol. The minimum absolute atomic E-state index is 0.329. The molecule has 0 aromatic heterocycles. The van der Waals surface area contributed by atoms with Crippen LogP contribution < -0.4 is 15.2 Å². The summed E-state index contributed by atoms with van der Waals surface area (Å²) in [5.41, 5.74) is 5.50. The van der Waals surface area contributed by atoms with Crippen LogP contribution in [0.25, 0.3) is 0 Å². The number of ether oxygens (including phenoxy) is 2. The Morgan fingerprint density at radius 3 is 2.54 bits per heavy atom. The molecular formula is C10H15NO2. The third-order valence-electron chi connectivity index (χ3n) is 1.53. The molecular weight excluding hydrogens is 166 g/mol. The van der Waals surface area contributed by atoms with Gasteiger partial charge in [0.2, 0.25) is 0 Å². The van der Waals surface area contributed by atoms with Crippen molar-refractivity contribution >= 4 is 0 Å². The second-order valence-corrected chi connectivity index (χ2v) is 2.41. The molecule has 1 aromatic rings. The maximum Gasteiger partial charge on any atom is 0.182 e. The van der Waals surface area contributed by atoms with Gasteiger partial charge in [0, 0.05) is 0 Å². The van der Waals surface area contributed by atoms with Crippen molar-refractivity contribution in [2.24, 2.45) is 5.73 Å². The lowest BCUT2D eigenvalue weighted by Crippen LogP contribution is -2.36. The van der Waals surface area contributed by atoms with Crippen LogP contribution in [-0.2, 0) is 0 Å². The molecule has 2 rings (SSSR count). The molecule has 1 aliphatic heterocycles. The van der Waals surface area contributed by atoms with Crippen molar-refractivity contribution in [3.63, 3.8) is 0 Å². The first-order valence-corrected chi connectivity index (χ1v) is 4.50. The fourth-order valence-electron chi connectivity index (χ4n) is 1.04. The quantitative estimate of drug-likeness (QED) is 0.663. The zero-order chi connectivity index (χ0) is 9.68. The van der Waals surface area contributed by atoms with Gasteiger partial charge in [-0.25, -0.2) is 0 Å². The zero-order valence-corrected chi connectivity index (χ0v) is 7.99. The van der Waals surface area contributed by atoms with Gasteiger partial charge >= 0.3 is 0 Å². The summed E-state index contributed by atoms with van der Waals surface area (Å²) in [5, 5.41) is 0. The first kappa shape index (κ1) is 9.86. The van der Waals surface area contributed by atoms with Crippen molar-refractivity contribution in [2.45, 2.75) is 20.1 Å². The molecule has 1 heterocycles. The molecule has 72 valence electrons. The zero-order valence-electron chi connectivity index (χ0n) is 7.99. The minimum Gasteiger partial charge on any atom is -0.484 e. The van der Waals surface area contributed by atoms with E-state index in [4.69, 9.17) is 15.2 Å². The highest BCUT2D eigenvalue weighted by Crippen LogP contribution is 2.29. The van der Waals surface area contributed by atoms with Gasteiger partial charge in [0.1, 0.15) is 6.61 Å². The Balaban J connectivity index is 0.000000396. The topological polar surface area (TPSA) is 44.5 Å². The largest absolute Gasteiger partial charge is 0.484 e. The Morgan fingerprint density at radius 1 is 1.23 bits per heavy atom. The summed E-state index contributed by atoms with van der Waals surface area (Å²) in [6.45, 7) is 4.43. The van der Waals surface area contributed by atoms with Gasteiger partial charge in [-0.15, -0.1) is 0 Å². The summed E-state index contributed by atoms with van der Waals surface area (Å²) in [4.78, 5) is 0. The molecule has 1 unspecified atom stereocenters. The second-order valence-electron chi connectivity index (χ2n) is 2.41. The van der Waals surface area contributed by atoms with E-state index in [-0.39, 0.29) is 6.23 Å². The lowest BCUT2D eigenvalue weighted by atomic mass is 10.3. The molecule has 0 saturated carbocycles. The van der Waals surface area contributed by atoms with Crippen molar-refractivity contribution in [2.75, 3.05) is 6.61 Å². The van der Waals surface area contributed by atoms with E-state index in [9.17, 15) is 0 Å². The maximum absolute atomic E-state index is 5.50. The summed E-state index contributed by atoms with van der Waals surface area (Å²) in [7, 11) is 0. The highest BCUT2D eigenvalue weighted by molar-refractivity contribution is 5.40. The lowest BCUT2D eigenvalue weighted by molar-refractivity contribution is 0.0958. The Bertz CT molecular complexity index is 263. The molecule has 1 atom stereocenters. The van der Waals surface area contributed by atoms with Crippen LogP contribution in [0.5, 0.6) is 11.5 Å². The van der Waals surface area contributed by atoms with Gasteiger partial charge in [-0.3, -0.25) is 5.73 Å². The molecule has 0 amide bonds. The molecule has 0 aliphatic carbocycles. The van der Waals surface area contributed by atoms with E-state index in [2.05, 4.69) is 0 Å². The summed E-state index contributed by atoms with van der Waals surface area (Å²) in [6, 6.07) is 7.49. The van der Waals surface area contributed by atoms with Crippen molar-refractivity contribution in [3.8, 4) is 11.5 Å². The van der Waals surface area contributed by atoms with E-state index in [1.165, 1.54) is 0 Å². The predicted octanol–water partition coefficient (Wildman–Crippen LogP) is 1.77. The van der Waals surface area contributed by atoms with Crippen LogP contribution in [0, 0.1) is 0 Å². The van der Waals surface area contributed by atoms with E-state index in [1.807, 2.05) is 38.1 Å². The van der Waals surface area contributed by atoms with Gasteiger partial charge in [0.15, 0.2) is 17.7 Å². The number of fused-ring (bicyclic) bond motifs is 1. The normalized spacial score (nSPS) is 18.5. The number of benzene rings is 1. The van der Waals surface area contributed by atoms with E-state index >= 15 is 0 Å². The average Bonchev–Trinajstić information content (AvgIpc) is 2.21. The van der Waals surface area contributed by atoms with Crippen molar-refractivity contribution in [1.82, 2.24) is 0 Å². The number of hydrogen-bond acceptors (Lipinski definition) is 3. The Morgan fingerprint density at radius 2 is 1.85 bits per heavy atom. The summed E-state index contributed by atoms with van der Waals surface area (Å²) in [5.74, 6) is 1.50. The van der Waals surface area contributed by atoms with Crippen LogP contribution in [0.4, 0.5) is 0 Å². The van der Waals surface area contributed by atoms with Gasteiger partial charge in [-0.05, 0) is 12.1 Å². The van der Waals surface area contributed by atoms with E-state index in [1.54, 1.807) is 0 Å². The fraction of sp³-hybridized carbons (Fsp3) is 0.400. The molecule has 0 saturated heterocycles. The van der Waals surface area contributed by atoms with E-state index in [0.717, 1.165) is 11.5 Å². The number of rotatable bonds is 0. The molecule has 2 N–H and O–H groups in total. The molecule has 3 nitrogen and oxygen atoms in total. The van der Waals surface area contributed by atoms with Crippen LogP contribution in [0.1, 0.15) is 13.8 Å². The Hall–Kier alpha value is -1.22. The average molecular weight is 181 g/mol. The van der Waals surface area contributed by atoms with E-state index < -0.39 is 0 Å². The minimum atomic E-state index is -0.329. The Kier molecular flexibility index (Phi) is 3.58. The maximum atomic E-state index is 5.50. The molecule has 0 fully saturated rings. The van der Waals surface area contributed by atoms with Gasteiger partial charge in [0.25, 0.3) is 0 Å². The number of hydrogen-bond donors (Lipinski definition) is 1. The fourth-order valence-corrected chi connectivity index (χ4v) is 1.04. The first-order valence-electron chi connectivity index (χ1n) is 4.50. The molecule has 1 aromatic carbocycles. The molecule has 0 bridgehead atoms. The molecule has 13 heavy (non-hydrogen) atoms. The van der Waals surface area contributed by atoms with Crippen LogP contribution >= 0.6 is 0 Å². The van der Waals surface area contributed by atoms with Crippen molar-refractivity contribution in [3.05, 3.63) is 24.3 Å². The summed E-state index contributed by atoms with van der Waals surface area (Å²) < 4.78 is 10.6. The third-order valence-corrected chi connectivity index (χ3v) is 1.53. The Labute approximate surface area is 78.5 Å². The van der Waals surface area contributed by atoms with Crippen LogP contribution in [0.2, 0.25) is 0 Å². The lowest BCUT2D eigenvalue weighted by Gasteiger charge is -2.22. The van der Waals surface area contributed by atoms with Crippen LogP contribution in [0.15, 0.2) is 24.3 Å². The summed E-state index contributed by atoms with van der Waals surface area (Å²) >= 11 is 0. The van der Waals surface area contributed by atoms with Gasteiger partial charge in [-0.1, -0.05) is 26.0 Å². The molecule has 0 radical (unpaired) electrons. The van der Waals surface area contributed by atoms with E-state index in [0.29, 0.717) is 6.61 Å². The third kappa shape index (κ3) is 2.36. The van der Waals surface area contributed by atoms with Gasteiger partial charge in [0.05, 0.1) is 0 Å². The smallest absolute Gasteiger partial charge is 0.182 e. The number of para-hydroxylation sites is 2. The van der Waals surface area contributed by atoms with Crippen molar-refractivity contribution < 1.29 is 9.47 Å². The highest BCUT2D eigenvalue weighted by atomic mass is 16.6. The standard InChI is InChI=1S/C8H9NO2.C2H6/c9-8-5-10-6-3-1-2-4-7(6)11-8;1-2/h1-4,8H,5,9H2;1-2H3. The molecule has 1 aliphatic rings. The van der Waals surface area contributed by atoms with Gasteiger partial charge in [-0.2, -0.15) is 0 Å². The highest BCUT2D eigenvalue weighted by Gasteiger charge is 2.15. The predicted molar refractivity (Wildman–Crippen MR) is 51.9 cm³/mol. The first-order chi connectivity index (χ1) is 6.36. The number of nitrogens with two attached hydrogens (primary N) is 1. The molecule has 3 heteroatoms. The van der Waals surface area contributed by atoms with Crippen LogP contribution in [-0.4, -0.2) is 12.8 Å². The SMILES string of the molecule is CC.NC1COc2ccccc2O1. The summed E-state index contributed by atoms with van der Waals surface area (Å²) in [6.07, 6.45) is -0.329.